The van der Waals surface area contributed by atoms with Gasteiger partial charge in [-0.05, 0) is 0 Å². The molecule has 4 nitrogen and oxygen atoms in total. The molecular formula is C20H30O4Se. The molecule has 1 aromatic carbocycles. The molecule has 0 unspecified atom stereocenters. The van der Waals surface area contributed by atoms with Crippen LogP contribution in [0.15, 0.2) is 30.3 Å². The first-order valence-corrected chi connectivity index (χ1v) is 11.1. The first kappa shape index (κ1) is 21.7. The molecule has 0 saturated carbocycles. The van der Waals surface area contributed by atoms with Gasteiger partial charge in [-0.3, -0.25) is 0 Å². The Balaban J connectivity index is 2.31. The number of benzene rings is 1. The number of ether oxygens (including phenoxy) is 2. The molecule has 0 saturated heterocycles. The van der Waals surface area contributed by atoms with E-state index in [9.17, 15) is 9.59 Å². The first-order valence-electron chi connectivity index (χ1n) is 9.07. The van der Waals surface area contributed by atoms with Gasteiger partial charge in [0.25, 0.3) is 0 Å². The van der Waals surface area contributed by atoms with E-state index in [-0.39, 0.29) is 13.2 Å². The van der Waals surface area contributed by atoms with Gasteiger partial charge in [0.15, 0.2) is 0 Å². The third-order valence-electron chi connectivity index (χ3n) is 4.03. The Kier molecular flexibility index (Phi) is 10.5. The number of unbranched alkanes of at least 4 members (excludes halogenated alkanes) is 3. The third-order valence-corrected chi connectivity index (χ3v) is 6.34. The summed E-state index contributed by atoms with van der Waals surface area (Å²) in [5.74, 6) is -0.943. The molecule has 0 amide bonds. The molecule has 1 rings (SSSR count). The molecule has 0 atom stereocenters. The Morgan fingerprint density at radius 1 is 0.920 bits per heavy atom. The van der Waals surface area contributed by atoms with E-state index in [0.29, 0.717) is 21.4 Å². The fourth-order valence-corrected chi connectivity index (χ4v) is 4.47. The molecule has 0 aliphatic rings. The van der Waals surface area contributed by atoms with Crippen molar-refractivity contribution in [2.45, 2.75) is 58.2 Å². The molecule has 0 aromatic heterocycles. The van der Waals surface area contributed by atoms with Crippen LogP contribution in [0.25, 0.3) is 0 Å². The number of esters is 2. The molecule has 0 bridgehead atoms. The second-order valence-corrected chi connectivity index (χ2v) is 8.55. The van der Waals surface area contributed by atoms with E-state index in [4.69, 9.17) is 9.47 Å². The summed E-state index contributed by atoms with van der Waals surface area (Å²) in [4.78, 5) is 24.4. The second kappa shape index (κ2) is 12.1. The molecule has 0 spiro atoms. The van der Waals surface area contributed by atoms with Crippen LogP contribution in [0, 0.1) is 5.41 Å². The standard InChI is InChI=1S/C20H30O4Se/c1-4-23-18(21)20(3,19(22)24-5-2)15-11-6-7-12-16-25-17-13-9-8-10-14-17/h8-10,13-14H,4-7,11-12,15-16H2,1-3H3. The Hall–Kier alpha value is -1.32. The Morgan fingerprint density at radius 3 is 2.04 bits per heavy atom. The van der Waals surface area contributed by atoms with E-state index in [2.05, 4.69) is 24.3 Å². The molecule has 0 aliphatic carbocycles. The van der Waals surface area contributed by atoms with Gasteiger partial charge < -0.3 is 0 Å². The molecule has 0 N–H and O–H groups in total. The van der Waals surface area contributed by atoms with Gasteiger partial charge in [-0.1, -0.05) is 0 Å². The van der Waals surface area contributed by atoms with Gasteiger partial charge in [0, 0.05) is 0 Å². The van der Waals surface area contributed by atoms with Crippen molar-refractivity contribution in [3.63, 3.8) is 0 Å². The van der Waals surface area contributed by atoms with Gasteiger partial charge in [0.05, 0.1) is 0 Å². The van der Waals surface area contributed by atoms with Crippen molar-refractivity contribution < 1.29 is 19.1 Å². The maximum absolute atomic E-state index is 12.2. The van der Waals surface area contributed by atoms with Crippen LogP contribution in [0.4, 0.5) is 0 Å². The van der Waals surface area contributed by atoms with Crippen LogP contribution in [0.2, 0.25) is 5.32 Å². The van der Waals surface area contributed by atoms with Crippen LogP contribution >= 0.6 is 0 Å². The van der Waals surface area contributed by atoms with E-state index in [1.54, 1.807) is 20.8 Å². The first-order chi connectivity index (χ1) is 12.0. The summed E-state index contributed by atoms with van der Waals surface area (Å²) in [7, 11) is 0. The van der Waals surface area contributed by atoms with E-state index in [1.807, 2.05) is 6.07 Å². The zero-order valence-corrected chi connectivity index (χ0v) is 17.3. The average Bonchev–Trinajstić information content (AvgIpc) is 2.62. The van der Waals surface area contributed by atoms with Crippen molar-refractivity contribution >= 4 is 31.4 Å². The van der Waals surface area contributed by atoms with Crippen LogP contribution in [-0.4, -0.2) is 40.1 Å². The number of rotatable bonds is 12. The van der Waals surface area contributed by atoms with Crippen molar-refractivity contribution in [3.05, 3.63) is 30.3 Å². The van der Waals surface area contributed by atoms with Crippen molar-refractivity contribution in [2.75, 3.05) is 13.2 Å². The van der Waals surface area contributed by atoms with Gasteiger partial charge in [0.1, 0.15) is 0 Å². The summed E-state index contributed by atoms with van der Waals surface area (Å²) in [5.41, 5.74) is -1.18. The number of carbonyl (C=O) groups is 2. The molecule has 5 heteroatoms. The quantitative estimate of drug-likeness (QED) is 0.228. The normalized spacial score (nSPS) is 11.2. The summed E-state index contributed by atoms with van der Waals surface area (Å²) < 4.78 is 11.6. The van der Waals surface area contributed by atoms with E-state index in [0.717, 1.165) is 19.3 Å². The third kappa shape index (κ3) is 7.62. The average molecular weight is 413 g/mol. The van der Waals surface area contributed by atoms with Gasteiger partial charge in [-0.15, -0.1) is 0 Å². The van der Waals surface area contributed by atoms with Crippen molar-refractivity contribution in [2.24, 2.45) is 5.41 Å². The monoisotopic (exact) mass is 414 g/mol. The number of carbonyl (C=O) groups excluding carboxylic acids is 2. The van der Waals surface area contributed by atoms with Crippen LogP contribution in [0.1, 0.15) is 52.9 Å². The number of hydrogen-bond donors (Lipinski definition) is 0. The molecule has 0 radical (unpaired) electrons. The molecule has 0 heterocycles. The fraction of sp³-hybridized carbons (Fsp3) is 0.600. The summed E-state index contributed by atoms with van der Waals surface area (Å²) in [6.07, 6.45) is 4.63. The van der Waals surface area contributed by atoms with Crippen LogP contribution in [-0.2, 0) is 19.1 Å². The zero-order valence-electron chi connectivity index (χ0n) is 15.6. The van der Waals surface area contributed by atoms with Gasteiger partial charge >= 0.3 is 158 Å². The van der Waals surface area contributed by atoms with Crippen LogP contribution < -0.4 is 4.46 Å². The zero-order chi connectivity index (χ0) is 18.5. The molecule has 0 fully saturated rings. The fourth-order valence-electron chi connectivity index (χ4n) is 2.51. The molecule has 1 aromatic rings. The van der Waals surface area contributed by atoms with Crippen molar-refractivity contribution in [1.29, 1.82) is 0 Å². The van der Waals surface area contributed by atoms with E-state index < -0.39 is 17.4 Å². The van der Waals surface area contributed by atoms with Crippen molar-refractivity contribution in [1.82, 2.24) is 0 Å². The van der Waals surface area contributed by atoms with Gasteiger partial charge in [0.2, 0.25) is 0 Å². The SMILES string of the molecule is CCOC(=O)C(C)(CCCCCC[Se]c1ccccc1)C(=O)OCC. The molecule has 25 heavy (non-hydrogen) atoms. The summed E-state index contributed by atoms with van der Waals surface area (Å²) in [6, 6.07) is 10.6. The van der Waals surface area contributed by atoms with Crippen molar-refractivity contribution in [3.8, 4) is 0 Å². The Morgan fingerprint density at radius 2 is 1.48 bits per heavy atom. The minimum absolute atomic E-state index is 0.273. The topological polar surface area (TPSA) is 52.6 Å². The van der Waals surface area contributed by atoms with Gasteiger partial charge in [-0.25, -0.2) is 0 Å². The molecule has 0 aliphatic heterocycles. The van der Waals surface area contributed by atoms with Crippen LogP contribution in [0.3, 0.4) is 0 Å². The summed E-state index contributed by atoms with van der Waals surface area (Å²) in [5, 5.41) is 1.23. The van der Waals surface area contributed by atoms with Gasteiger partial charge in [-0.2, -0.15) is 0 Å². The number of hydrogen-bond acceptors (Lipinski definition) is 4. The maximum atomic E-state index is 12.2. The van der Waals surface area contributed by atoms with E-state index >= 15 is 0 Å². The molecule has 140 valence electrons. The Labute approximate surface area is 157 Å². The summed E-state index contributed by atoms with van der Waals surface area (Å²) >= 11 is 0.533. The van der Waals surface area contributed by atoms with E-state index in [1.165, 1.54) is 16.2 Å². The van der Waals surface area contributed by atoms with Crippen LogP contribution in [0.5, 0.6) is 0 Å². The minimum atomic E-state index is -1.18. The molecular weight excluding hydrogens is 383 g/mol. The predicted molar refractivity (Wildman–Crippen MR) is 101 cm³/mol. The second-order valence-electron chi connectivity index (χ2n) is 6.10. The predicted octanol–water partition coefficient (Wildman–Crippen LogP) is 3.52. The summed E-state index contributed by atoms with van der Waals surface area (Å²) in [6.45, 7) is 5.68. The Bertz CT molecular complexity index is 498.